The van der Waals surface area contributed by atoms with Crippen LogP contribution in [0.25, 0.3) is 0 Å². The summed E-state index contributed by atoms with van der Waals surface area (Å²) in [5.74, 6) is 0.486. The van der Waals surface area contributed by atoms with Crippen LogP contribution in [0.4, 0.5) is 5.82 Å². The number of nitrogens with zero attached hydrogens (tertiary/aromatic N) is 4. The van der Waals surface area contributed by atoms with Gasteiger partial charge in [-0.2, -0.15) is 4.31 Å². The molecule has 1 aromatic rings. The van der Waals surface area contributed by atoms with E-state index in [0.717, 1.165) is 45.1 Å². The molecule has 7 nitrogen and oxygen atoms in total. The van der Waals surface area contributed by atoms with Crippen molar-refractivity contribution in [3.8, 4) is 0 Å². The second-order valence-electron chi connectivity index (χ2n) is 7.09. The van der Waals surface area contributed by atoms with Crippen LogP contribution >= 0.6 is 0 Å². The van der Waals surface area contributed by atoms with E-state index in [0.29, 0.717) is 18.9 Å². The van der Waals surface area contributed by atoms with Gasteiger partial charge in [0.2, 0.25) is 10.0 Å². The van der Waals surface area contributed by atoms with Gasteiger partial charge in [0.15, 0.2) is 5.82 Å². The molecule has 0 aromatic carbocycles. The Labute approximate surface area is 149 Å². The quantitative estimate of drug-likeness (QED) is 0.786. The fraction of sp³-hybridized carbons (Fsp3) is 0.765. The van der Waals surface area contributed by atoms with Crippen molar-refractivity contribution >= 4 is 15.8 Å². The molecule has 0 unspecified atom stereocenters. The summed E-state index contributed by atoms with van der Waals surface area (Å²) in [6.07, 6.45) is 10.2. The Kier molecular flexibility index (Phi) is 5.48. The number of rotatable bonds is 5. The Bertz CT molecular complexity index is 757. The van der Waals surface area contributed by atoms with Crippen LogP contribution < -0.4 is 10.5 Å². The molecule has 1 aliphatic carbocycles. The minimum absolute atomic E-state index is 0.0300. The van der Waals surface area contributed by atoms with E-state index in [1.54, 1.807) is 21.3 Å². The summed E-state index contributed by atoms with van der Waals surface area (Å²) in [7, 11) is -3.21. The van der Waals surface area contributed by atoms with Crippen molar-refractivity contribution in [2.45, 2.75) is 64.1 Å². The Morgan fingerprint density at radius 2 is 1.84 bits per heavy atom. The van der Waals surface area contributed by atoms with E-state index in [1.807, 2.05) is 11.8 Å². The van der Waals surface area contributed by atoms with Crippen molar-refractivity contribution in [1.29, 1.82) is 0 Å². The zero-order chi connectivity index (χ0) is 18.0. The molecular weight excluding hydrogens is 340 g/mol. The van der Waals surface area contributed by atoms with Crippen LogP contribution in [0.15, 0.2) is 17.2 Å². The van der Waals surface area contributed by atoms with Gasteiger partial charge in [-0.3, -0.25) is 4.79 Å². The maximum absolute atomic E-state index is 12.5. The fourth-order valence-corrected chi connectivity index (χ4v) is 5.43. The normalized spacial score (nSPS) is 22.7. The molecule has 0 bridgehead atoms. The highest BCUT2D eigenvalue weighted by Gasteiger charge is 2.37. The Morgan fingerprint density at radius 3 is 2.44 bits per heavy atom. The summed E-state index contributed by atoms with van der Waals surface area (Å²) in [6, 6.07) is 0.195. The fourth-order valence-electron chi connectivity index (χ4n) is 3.93. The topological polar surface area (TPSA) is 75.5 Å². The molecule has 0 spiro atoms. The molecule has 0 radical (unpaired) electrons. The number of sulfonamides is 1. The van der Waals surface area contributed by atoms with Crippen LogP contribution in [-0.4, -0.2) is 53.7 Å². The molecule has 0 N–H and O–H groups in total. The van der Waals surface area contributed by atoms with E-state index in [2.05, 4.69) is 4.98 Å². The van der Waals surface area contributed by atoms with Gasteiger partial charge < -0.3 is 9.47 Å². The Morgan fingerprint density at radius 1 is 1.16 bits per heavy atom. The average Bonchev–Trinajstić information content (AvgIpc) is 2.75. The molecular formula is C17H28N4O3S. The first kappa shape index (κ1) is 18.4. The lowest BCUT2D eigenvalue weighted by atomic mass is 9.91. The third-order valence-electron chi connectivity index (χ3n) is 5.41. The summed E-state index contributed by atoms with van der Waals surface area (Å²) in [5.41, 5.74) is -0.0672. The van der Waals surface area contributed by atoms with Crippen molar-refractivity contribution in [3.63, 3.8) is 0 Å². The predicted octanol–water partition coefficient (Wildman–Crippen LogP) is 1.44. The average molecular weight is 369 g/mol. The van der Waals surface area contributed by atoms with Crippen molar-refractivity contribution < 1.29 is 8.42 Å². The molecule has 3 rings (SSSR count). The monoisotopic (exact) mass is 368 g/mol. The number of aromatic nitrogens is 2. The number of hydrogen-bond donors (Lipinski definition) is 0. The van der Waals surface area contributed by atoms with E-state index in [9.17, 15) is 13.2 Å². The molecule has 8 heteroatoms. The minimum atomic E-state index is -3.21. The molecule has 1 saturated heterocycles. The van der Waals surface area contributed by atoms with E-state index in [1.165, 1.54) is 6.26 Å². The smallest absolute Gasteiger partial charge is 0.293 e. The van der Waals surface area contributed by atoms with Crippen LogP contribution in [0, 0.1) is 0 Å². The third-order valence-corrected chi connectivity index (χ3v) is 6.77. The molecule has 1 aliphatic heterocycles. The van der Waals surface area contributed by atoms with Gasteiger partial charge in [-0.25, -0.2) is 13.4 Å². The van der Waals surface area contributed by atoms with Crippen LogP contribution in [0.3, 0.4) is 0 Å². The second-order valence-corrected chi connectivity index (χ2v) is 8.98. The molecule has 140 valence electrons. The molecule has 2 heterocycles. The van der Waals surface area contributed by atoms with Gasteiger partial charge in [-0.1, -0.05) is 6.42 Å². The maximum Gasteiger partial charge on any atom is 0.293 e. The zero-order valence-electron chi connectivity index (χ0n) is 15.1. The molecule has 0 amide bonds. The van der Waals surface area contributed by atoms with Crippen LogP contribution in [-0.2, 0) is 16.6 Å². The van der Waals surface area contributed by atoms with Gasteiger partial charge in [0.25, 0.3) is 5.56 Å². The highest BCUT2D eigenvalue weighted by atomic mass is 32.2. The molecule has 25 heavy (non-hydrogen) atoms. The van der Waals surface area contributed by atoms with Gasteiger partial charge in [-0.05, 0) is 39.0 Å². The van der Waals surface area contributed by atoms with Crippen LogP contribution in [0.5, 0.6) is 0 Å². The van der Waals surface area contributed by atoms with Crippen LogP contribution in [0.1, 0.15) is 45.4 Å². The highest BCUT2D eigenvalue weighted by Crippen LogP contribution is 2.32. The molecule has 1 saturated carbocycles. The molecule has 2 aliphatic rings. The summed E-state index contributed by atoms with van der Waals surface area (Å²) >= 11 is 0. The number of aryl methyl sites for hydroxylation is 1. The first-order valence-electron chi connectivity index (χ1n) is 9.20. The molecule has 1 aromatic heterocycles. The van der Waals surface area contributed by atoms with Crippen molar-refractivity contribution in [2.75, 3.05) is 24.2 Å². The summed E-state index contributed by atoms with van der Waals surface area (Å²) in [6.45, 7) is 3.97. The van der Waals surface area contributed by atoms with E-state index in [4.69, 9.17) is 0 Å². The first-order chi connectivity index (χ1) is 11.9. The van der Waals surface area contributed by atoms with Gasteiger partial charge in [0, 0.05) is 44.1 Å². The second kappa shape index (κ2) is 7.45. The summed E-state index contributed by atoms with van der Waals surface area (Å²) < 4.78 is 28.0. The highest BCUT2D eigenvalue weighted by molar-refractivity contribution is 7.88. The SMILES string of the molecule is CCn1ccnc(N2CCC[C@H](N(C3CCC3)S(C)(=O)=O)CC2)c1=O. The zero-order valence-corrected chi connectivity index (χ0v) is 15.9. The molecule has 1 atom stereocenters. The summed E-state index contributed by atoms with van der Waals surface area (Å²) in [5, 5.41) is 0. The summed E-state index contributed by atoms with van der Waals surface area (Å²) in [4.78, 5) is 18.8. The van der Waals surface area contributed by atoms with Crippen molar-refractivity contribution in [3.05, 3.63) is 22.7 Å². The molecule has 2 fully saturated rings. The first-order valence-corrected chi connectivity index (χ1v) is 11.1. The number of anilines is 1. The Hall–Kier alpha value is -1.41. The van der Waals surface area contributed by atoms with Gasteiger partial charge in [-0.15, -0.1) is 0 Å². The lowest BCUT2D eigenvalue weighted by Crippen LogP contribution is -2.50. The van der Waals surface area contributed by atoms with Crippen LogP contribution in [0.2, 0.25) is 0 Å². The van der Waals surface area contributed by atoms with Gasteiger partial charge >= 0.3 is 0 Å². The minimum Gasteiger partial charge on any atom is -0.352 e. The predicted molar refractivity (Wildman–Crippen MR) is 98.3 cm³/mol. The standard InChI is InChI=1S/C17H28N4O3S/c1-3-19-13-10-18-16(17(19)22)20-11-5-8-15(9-12-20)21(25(2,23)24)14-6-4-7-14/h10,13-15H,3-9,11-12H2,1-2H3/t15-/m0/s1. The van der Waals surface area contributed by atoms with Crippen molar-refractivity contribution in [1.82, 2.24) is 13.9 Å². The van der Waals surface area contributed by atoms with E-state index in [-0.39, 0.29) is 17.6 Å². The number of hydrogen-bond acceptors (Lipinski definition) is 5. The maximum atomic E-state index is 12.5. The van der Waals surface area contributed by atoms with E-state index < -0.39 is 10.0 Å². The lowest BCUT2D eigenvalue weighted by Gasteiger charge is -2.40. The van der Waals surface area contributed by atoms with E-state index >= 15 is 0 Å². The van der Waals surface area contributed by atoms with Gasteiger partial charge in [0.1, 0.15) is 0 Å². The largest absolute Gasteiger partial charge is 0.352 e. The lowest BCUT2D eigenvalue weighted by molar-refractivity contribution is 0.164. The Balaban J connectivity index is 1.77. The third kappa shape index (κ3) is 3.89. The van der Waals surface area contributed by atoms with Gasteiger partial charge in [0.05, 0.1) is 6.26 Å². The van der Waals surface area contributed by atoms with Crippen molar-refractivity contribution in [2.24, 2.45) is 0 Å².